The van der Waals surface area contributed by atoms with Crippen molar-refractivity contribution >= 4 is 17.8 Å². The van der Waals surface area contributed by atoms with Gasteiger partial charge in [-0.25, -0.2) is 0 Å². The van der Waals surface area contributed by atoms with Gasteiger partial charge in [0.1, 0.15) is 0 Å². The number of carbonyl (C=O) groups excluding carboxylic acids is 2. The van der Waals surface area contributed by atoms with Crippen molar-refractivity contribution in [1.29, 1.82) is 0 Å². The lowest BCUT2D eigenvalue weighted by Crippen LogP contribution is -2.49. The van der Waals surface area contributed by atoms with Gasteiger partial charge in [-0.15, -0.1) is 0 Å². The molecule has 0 aromatic carbocycles. The molecule has 1 aliphatic carbocycles. The summed E-state index contributed by atoms with van der Waals surface area (Å²) in [6, 6.07) is -0.0744. The standard InChI is InChI=1S/C14H22N2O4/c17-11-5-4-10(9-15-11)16-12(18)8-14(13(19)20)6-2-1-3-7-14/h10H,1-9H2,(H,15,17)(H,16,18)(H,19,20). The SMILES string of the molecule is O=C1CCC(NC(=O)CC2(C(=O)O)CCCCC2)CN1. The molecule has 2 aliphatic rings. The summed E-state index contributed by atoms with van der Waals surface area (Å²) in [6.45, 7) is 0.435. The number of aliphatic carboxylic acids is 1. The molecule has 6 heteroatoms. The van der Waals surface area contributed by atoms with Crippen LogP contribution >= 0.6 is 0 Å². The van der Waals surface area contributed by atoms with Crippen LogP contribution in [-0.2, 0) is 14.4 Å². The average molecular weight is 282 g/mol. The van der Waals surface area contributed by atoms with Gasteiger partial charge in [0.25, 0.3) is 0 Å². The topological polar surface area (TPSA) is 95.5 Å². The largest absolute Gasteiger partial charge is 0.481 e. The van der Waals surface area contributed by atoms with E-state index < -0.39 is 11.4 Å². The molecular weight excluding hydrogens is 260 g/mol. The summed E-state index contributed by atoms with van der Waals surface area (Å²) >= 11 is 0. The Kier molecular flexibility index (Phi) is 4.62. The van der Waals surface area contributed by atoms with Crippen molar-refractivity contribution in [2.75, 3.05) is 6.54 Å². The van der Waals surface area contributed by atoms with E-state index in [-0.39, 0.29) is 24.3 Å². The second-order valence-corrected chi connectivity index (χ2v) is 5.93. The number of hydrogen-bond donors (Lipinski definition) is 3. The van der Waals surface area contributed by atoms with E-state index >= 15 is 0 Å². The molecule has 6 nitrogen and oxygen atoms in total. The van der Waals surface area contributed by atoms with Gasteiger partial charge in [0.05, 0.1) is 5.41 Å². The number of nitrogens with one attached hydrogen (secondary N) is 2. The van der Waals surface area contributed by atoms with Crippen molar-refractivity contribution in [3.63, 3.8) is 0 Å². The van der Waals surface area contributed by atoms with E-state index in [1.165, 1.54) is 0 Å². The highest BCUT2D eigenvalue weighted by Crippen LogP contribution is 2.39. The molecule has 20 heavy (non-hydrogen) atoms. The van der Waals surface area contributed by atoms with E-state index in [0.717, 1.165) is 19.3 Å². The molecule has 0 radical (unpaired) electrons. The molecule has 1 saturated heterocycles. The van der Waals surface area contributed by atoms with E-state index in [1.807, 2.05) is 0 Å². The summed E-state index contributed by atoms with van der Waals surface area (Å²) in [6.07, 6.45) is 5.04. The second kappa shape index (κ2) is 6.24. The smallest absolute Gasteiger partial charge is 0.310 e. The van der Waals surface area contributed by atoms with Gasteiger partial charge in [-0.05, 0) is 19.3 Å². The lowest BCUT2D eigenvalue weighted by Gasteiger charge is -2.33. The van der Waals surface area contributed by atoms with Gasteiger partial charge in [-0.1, -0.05) is 19.3 Å². The fourth-order valence-corrected chi connectivity index (χ4v) is 3.14. The minimum Gasteiger partial charge on any atom is -0.481 e. The summed E-state index contributed by atoms with van der Waals surface area (Å²) in [5.74, 6) is -1.07. The molecule has 1 saturated carbocycles. The first-order valence-electron chi connectivity index (χ1n) is 7.31. The van der Waals surface area contributed by atoms with Crippen LogP contribution in [0, 0.1) is 5.41 Å². The molecule has 0 spiro atoms. The molecule has 1 atom stereocenters. The maximum Gasteiger partial charge on any atom is 0.310 e. The number of hydrogen-bond acceptors (Lipinski definition) is 3. The Balaban J connectivity index is 1.88. The zero-order valence-corrected chi connectivity index (χ0v) is 11.6. The second-order valence-electron chi connectivity index (χ2n) is 5.93. The van der Waals surface area contributed by atoms with Crippen LogP contribution in [-0.4, -0.2) is 35.5 Å². The zero-order chi connectivity index (χ0) is 14.6. The predicted octanol–water partition coefficient (Wildman–Crippen LogP) is 0.806. The summed E-state index contributed by atoms with van der Waals surface area (Å²) < 4.78 is 0. The molecule has 3 N–H and O–H groups in total. The number of piperidine rings is 1. The molecule has 1 heterocycles. The molecule has 2 amide bonds. The number of carbonyl (C=O) groups is 3. The Morgan fingerprint density at radius 1 is 1.30 bits per heavy atom. The first-order chi connectivity index (χ1) is 9.52. The van der Waals surface area contributed by atoms with E-state index in [9.17, 15) is 19.5 Å². The van der Waals surface area contributed by atoms with Crippen molar-refractivity contribution in [2.45, 2.75) is 57.4 Å². The van der Waals surface area contributed by atoms with E-state index in [2.05, 4.69) is 10.6 Å². The van der Waals surface area contributed by atoms with Crippen molar-refractivity contribution in [3.8, 4) is 0 Å². The molecule has 0 bridgehead atoms. The van der Waals surface area contributed by atoms with Crippen molar-refractivity contribution < 1.29 is 19.5 Å². The Morgan fingerprint density at radius 3 is 2.55 bits per heavy atom. The number of rotatable bonds is 4. The minimum absolute atomic E-state index is 0.00443. The number of carboxylic acid groups (broad SMARTS) is 1. The van der Waals surface area contributed by atoms with Crippen LogP contribution in [0.4, 0.5) is 0 Å². The highest BCUT2D eigenvalue weighted by atomic mass is 16.4. The first-order valence-corrected chi connectivity index (χ1v) is 7.31. The zero-order valence-electron chi connectivity index (χ0n) is 11.6. The van der Waals surface area contributed by atoms with Gasteiger partial charge in [0.2, 0.25) is 11.8 Å². The summed E-state index contributed by atoms with van der Waals surface area (Å²) in [4.78, 5) is 34.6. The van der Waals surface area contributed by atoms with Gasteiger partial charge in [0, 0.05) is 25.4 Å². The van der Waals surface area contributed by atoms with Crippen LogP contribution in [0.15, 0.2) is 0 Å². The van der Waals surface area contributed by atoms with Gasteiger partial charge >= 0.3 is 5.97 Å². The fourth-order valence-electron chi connectivity index (χ4n) is 3.14. The summed E-state index contributed by atoms with van der Waals surface area (Å²) in [5, 5.41) is 15.0. The molecule has 1 unspecified atom stereocenters. The van der Waals surface area contributed by atoms with Crippen LogP contribution in [0.1, 0.15) is 51.4 Å². The molecule has 2 fully saturated rings. The normalized spacial score (nSPS) is 25.6. The van der Waals surface area contributed by atoms with Crippen LogP contribution in [0.25, 0.3) is 0 Å². The van der Waals surface area contributed by atoms with Gasteiger partial charge < -0.3 is 15.7 Å². The fraction of sp³-hybridized carbons (Fsp3) is 0.786. The van der Waals surface area contributed by atoms with Gasteiger partial charge in [0.15, 0.2) is 0 Å². The summed E-state index contributed by atoms with van der Waals surface area (Å²) in [5.41, 5.74) is -0.889. The molecular formula is C14H22N2O4. The predicted molar refractivity (Wildman–Crippen MR) is 71.9 cm³/mol. The Labute approximate surface area is 118 Å². The molecule has 0 aromatic rings. The van der Waals surface area contributed by atoms with Gasteiger partial charge in [-0.3, -0.25) is 14.4 Å². The van der Waals surface area contributed by atoms with Crippen molar-refractivity contribution in [1.82, 2.24) is 10.6 Å². The maximum absolute atomic E-state index is 12.1. The van der Waals surface area contributed by atoms with E-state index in [0.29, 0.717) is 32.2 Å². The maximum atomic E-state index is 12.1. The van der Waals surface area contributed by atoms with Crippen LogP contribution in [0.5, 0.6) is 0 Å². The summed E-state index contributed by atoms with van der Waals surface area (Å²) in [7, 11) is 0. The molecule has 112 valence electrons. The van der Waals surface area contributed by atoms with Crippen molar-refractivity contribution in [3.05, 3.63) is 0 Å². The van der Waals surface area contributed by atoms with Crippen LogP contribution < -0.4 is 10.6 Å². The number of amides is 2. The lowest BCUT2D eigenvalue weighted by atomic mass is 9.71. The van der Waals surface area contributed by atoms with Crippen molar-refractivity contribution in [2.24, 2.45) is 5.41 Å². The quantitative estimate of drug-likeness (QED) is 0.711. The third kappa shape index (κ3) is 3.49. The minimum atomic E-state index is -0.889. The van der Waals surface area contributed by atoms with Crippen LogP contribution in [0.2, 0.25) is 0 Å². The monoisotopic (exact) mass is 282 g/mol. The van der Waals surface area contributed by atoms with E-state index in [1.54, 1.807) is 0 Å². The highest BCUT2D eigenvalue weighted by Gasteiger charge is 2.41. The first kappa shape index (κ1) is 14.8. The third-order valence-electron chi connectivity index (χ3n) is 4.39. The Hall–Kier alpha value is -1.59. The molecule has 1 aliphatic heterocycles. The van der Waals surface area contributed by atoms with Gasteiger partial charge in [-0.2, -0.15) is 0 Å². The van der Waals surface area contributed by atoms with E-state index in [4.69, 9.17) is 0 Å². The average Bonchev–Trinajstić information content (AvgIpc) is 2.42. The third-order valence-corrected chi connectivity index (χ3v) is 4.39. The molecule has 0 aromatic heterocycles. The Bertz CT molecular complexity index is 392. The molecule has 2 rings (SSSR count). The lowest BCUT2D eigenvalue weighted by molar-refractivity contribution is -0.154. The Morgan fingerprint density at radius 2 is 2.00 bits per heavy atom. The highest BCUT2D eigenvalue weighted by molar-refractivity contribution is 5.85. The number of carboxylic acids is 1. The van der Waals surface area contributed by atoms with Crippen LogP contribution in [0.3, 0.4) is 0 Å².